The Kier molecular flexibility index (Phi) is 2.74. The van der Waals surface area contributed by atoms with E-state index in [0.29, 0.717) is 4.88 Å². The zero-order valence-corrected chi connectivity index (χ0v) is 9.17. The van der Waals surface area contributed by atoms with E-state index in [0.717, 1.165) is 15.0 Å². The molecule has 12 heavy (non-hydrogen) atoms. The molecule has 0 spiro atoms. The number of halogens is 1. The van der Waals surface area contributed by atoms with E-state index in [1.807, 2.05) is 6.92 Å². The van der Waals surface area contributed by atoms with Gasteiger partial charge in [-0.25, -0.2) is 0 Å². The first-order valence-electron chi connectivity index (χ1n) is 3.34. The van der Waals surface area contributed by atoms with Gasteiger partial charge in [0.1, 0.15) is 4.88 Å². The van der Waals surface area contributed by atoms with Crippen molar-refractivity contribution in [1.29, 1.82) is 0 Å². The smallest absolute Gasteiger partial charge is 0.260 e. The maximum Gasteiger partial charge on any atom is 0.260 e. The molecule has 0 radical (unpaired) electrons. The van der Waals surface area contributed by atoms with Crippen molar-refractivity contribution in [3.05, 3.63) is 14.2 Å². The molecular formula is C7H9BrN2OS. The molecule has 0 aliphatic heterocycles. The van der Waals surface area contributed by atoms with Crippen LogP contribution >= 0.6 is 27.3 Å². The lowest BCUT2D eigenvalue weighted by Gasteiger charge is -1.99. The maximum atomic E-state index is 10.9. The highest BCUT2D eigenvalue weighted by Crippen LogP contribution is 2.35. The number of hydrogen-bond donors (Lipinski definition) is 2. The molecule has 5 heteroatoms. The number of thiophene rings is 1. The van der Waals surface area contributed by atoms with E-state index in [9.17, 15) is 4.79 Å². The molecule has 1 aromatic rings. The molecule has 3 N–H and O–H groups in total. The van der Waals surface area contributed by atoms with Gasteiger partial charge >= 0.3 is 0 Å². The second-order valence-corrected chi connectivity index (χ2v) is 4.66. The summed E-state index contributed by atoms with van der Waals surface area (Å²) in [6, 6.07) is 0. The predicted molar refractivity (Wildman–Crippen MR) is 54.8 cm³/mol. The van der Waals surface area contributed by atoms with Crippen LogP contribution in [0, 0.1) is 6.92 Å². The van der Waals surface area contributed by atoms with Crippen molar-refractivity contribution in [2.75, 3.05) is 12.4 Å². The molecule has 66 valence electrons. The summed E-state index contributed by atoms with van der Waals surface area (Å²) < 4.78 is 0.945. The average Bonchev–Trinajstić information content (AvgIpc) is 2.29. The number of nitrogens with one attached hydrogen (secondary N) is 1. The normalized spacial score (nSPS) is 9.92. The fourth-order valence-corrected chi connectivity index (χ4v) is 2.54. The second-order valence-electron chi connectivity index (χ2n) is 2.32. The van der Waals surface area contributed by atoms with Gasteiger partial charge in [0.2, 0.25) is 0 Å². The summed E-state index contributed by atoms with van der Waals surface area (Å²) >= 11 is 4.70. The Hall–Kier alpha value is -0.550. The fourth-order valence-electron chi connectivity index (χ4n) is 0.960. The largest absolute Gasteiger partial charge is 0.387 e. The minimum atomic E-state index is -0.391. The van der Waals surface area contributed by atoms with E-state index < -0.39 is 5.91 Å². The molecule has 0 saturated heterocycles. The van der Waals surface area contributed by atoms with E-state index in [1.54, 1.807) is 7.05 Å². The first kappa shape index (κ1) is 9.54. The topological polar surface area (TPSA) is 55.1 Å². The van der Waals surface area contributed by atoms with Gasteiger partial charge in [-0.05, 0) is 28.4 Å². The van der Waals surface area contributed by atoms with E-state index in [4.69, 9.17) is 5.73 Å². The van der Waals surface area contributed by atoms with Crippen LogP contribution in [-0.2, 0) is 0 Å². The van der Waals surface area contributed by atoms with Gasteiger partial charge in [-0.3, -0.25) is 4.79 Å². The number of amides is 1. The lowest BCUT2D eigenvalue weighted by Crippen LogP contribution is -2.10. The van der Waals surface area contributed by atoms with Crippen LogP contribution in [0.4, 0.5) is 5.69 Å². The molecule has 1 aromatic heterocycles. The molecule has 1 amide bonds. The minimum absolute atomic E-state index is 0.391. The molecule has 3 nitrogen and oxygen atoms in total. The highest BCUT2D eigenvalue weighted by atomic mass is 79.9. The van der Waals surface area contributed by atoms with Gasteiger partial charge in [0, 0.05) is 7.05 Å². The Bertz CT molecular complexity index is 321. The van der Waals surface area contributed by atoms with Crippen LogP contribution in [0.1, 0.15) is 15.2 Å². The summed E-state index contributed by atoms with van der Waals surface area (Å²) in [5.74, 6) is -0.391. The van der Waals surface area contributed by atoms with Crippen LogP contribution in [-0.4, -0.2) is 13.0 Å². The zero-order chi connectivity index (χ0) is 9.30. The molecule has 0 aromatic carbocycles. The fraction of sp³-hybridized carbons (Fsp3) is 0.286. The van der Waals surface area contributed by atoms with Crippen LogP contribution < -0.4 is 11.1 Å². The highest BCUT2D eigenvalue weighted by Gasteiger charge is 2.15. The second kappa shape index (κ2) is 3.45. The van der Waals surface area contributed by atoms with Crippen molar-refractivity contribution in [3.8, 4) is 0 Å². The first-order chi connectivity index (χ1) is 5.57. The average molecular weight is 249 g/mol. The Morgan fingerprint density at radius 1 is 1.67 bits per heavy atom. The standard InChI is InChI=1S/C7H9BrN2OS/c1-3-4(10-2)5(7(9)11)12-6(3)8/h10H,1-2H3,(H2,9,11). The molecule has 0 aliphatic carbocycles. The first-order valence-corrected chi connectivity index (χ1v) is 4.95. The molecule has 0 fully saturated rings. The third kappa shape index (κ3) is 1.47. The monoisotopic (exact) mass is 248 g/mol. The van der Waals surface area contributed by atoms with Gasteiger partial charge in [-0.2, -0.15) is 0 Å². The summed E-state index contributed by atoms with van der Waals surface area (Å²) in [5, 5.41) is 2.95. The Morgan fingerprint density at radius 2 is 2.25 bits per heavy atom. The molecule has 0 aliphatic rings. The maximum absolute atomic E-state index is 10.9. The number of nitrogens with two attached hydrogens (primary N) is 1. The van der Waals surface area contributed by atoms with E-state index in [2.05, 4.69) is 21.2 Å². The molecule has 0 saturated carbocycles. The molecule has 1 rings (SSSR count). The summed E-state index contributed by atoms with van der Waals surface area (Å²) in [7, 11) is 1.77. The van der Waals surface area contributed by atoms with Gasteiger partial charge in [0.15, 0.2) is 0 Å². The van der Waals surface area contributed by atoms with Crippen LogP contribution in [0.15, 0.2) is 3.79 Å². The quantitative estimate of drug-likeness (QED) is 0.841. The van der Waals surface area contributed by atoms with Crippen molar-refractivity contribution < 1.29 is 4.79 Å². The SMILES string of the molecule is CNc1c(C(N)=O)sc(Br)c1C. The number of hydrogen-bond acceptors (Lipinski definition) is 3. The summed E-state index contributed by atoms with van der Waals surface area (Å²) in [5.41, 5.74) is 7.03. The van der Waals surface area contributed by atoms with Crippen LogP contribution in [0.25, 0.3) is 0 Å². The number of carbonyl (C=O) groups is 1. The van der Waals surface area contributed by atoms with Crippen molar-refractivity contribution in [3.63, 3.8) is 0 Å². The van der Waals surface area contributed by atoms with Gasteiger partial charge in [-0.15, -0.1) is 11.3 Å². The van der Waals surface area contributed by atoms with Gasteiger partial charge in [-0.1, -0.05) is 0 Å². The number of anilines is 1. The summed E-state index contributed by atoms with van der Waals surface area (Å²) in [4.78, 5) is 11.5. The van der Waals surface area contributed by atoms with E-state index >= 15 is 0 Å². The van der Waals surface area contributed by atoms with Crippen LogP contribution in [0.5, 0.6) is 0 Å². The third-order valence-electron chi connectivity index (χ3n) is 1.56. The Balaban J connectivity index is 3.29. The Labute approximate surface area is 83.1 Å². The molecule has 0 unspecified atom stereocenters. The minimum Gasteiger partial charge on any atom is -0.387 e. The predicted octanol–water partition coefficient (Wildman–Crippen LogP) is 1.96. The summed E-state index contributed by atoms with van der Waals surface area (Å²) in [6.07, 6.45) is 0. The third-order valence-corrected chi connectivity index (χ3v) is 3.74. The van der Waals surface area contributed by atoms with E-state index in [1.165, 1.54) is 11.3 Å². The van der Waals surface area contributed by atoms with E-state index in [-0.39, 0.29) is 0 Å². The number of rotatable bonds is 2. The van der Waals surface area contributed by atoms with Gasteiger partial charge in [0.25, 0.3) is 5.91 Å². The number of carbonyl (C=O) groups excluding carboxylic acids is 1. The van der Waals surface area contributed by atoms with Crippen molar-refractivity contribution in [1.82, 2.24) is 0 Å². The van der Waals surface area contributed by atoms with Crippen molar-refractivity contribution in [2.45, 2.75) is 6.92 Å². The molecule has 0 bridgehead atoms. The Morgan fingerprint density at radius 3 is 2.58 bits per heavy atom. The van der Waals surface area contributed by atoms with Gasteiger partial charge in [0.05, 0.1) is 9.47 Å². The highest BCUT2D eigenvalue weighted by molar-refractivity contribution is 9.11. The zero-order valence-electron chi connectivity index (χ0n) is 6.77. The summed E-state index contributed by atoms with van der Waals surface area (Å²) in [6.45, 7) is 1.93. The van der Waals surface area contributed by atoms with Gasteiger partial charge < -0.3 is 11.1 Å². The molecule has 0 atom stereocenters. The molecule has 1 heterocycles. The van der Waals surface area contributed by atoms with Crippen LogP contribution in [0.2, 0.25) is 0 Å². The lowest BCUT2D eigenvalue weighted by molar-refractivity contribution is 0.100. The van der Waals surface area contributed by atoms with Crippen LogP contribution in [0.3, 0.4) is 0 Å². The lowest BCUT2D eigenvalue weighted by atomic mass is 10.2. The number of primary amides is 1. The molecular weight excluding hydrogens is 240 g/mol. The van der Waals surface area contributed by atoms with Crippen molar-refractivity contribution >= 4 is 38.9 Å². The van der Waals surface area contributed by atoms with Crippen molar-refractivity contribution in [2.24, 2.45) is 5.73 Å².